The molecule has 2 fully saturated rings. The number of halogens is 3. The average molecular weight is 430 g/mol. The van der Waals surface area contributed by atoms with Gasteiger partial charge < -0.3 is 9.64 Å². The van der Waals surface area contributed by atoms with Gasteiger partial charge in [-0.3, -0.25) is 0 Å². The van der Waals surface area contributed by atoms with Crippen molar-refractivity contribution in [3.8, 4) is 5.75 Å². The Morgan fingerprint density at radius 1 is 1.03 bits per heavy atom. The van der Waals surface area contributed by atoms with Gasteiger partial charge in [0.2, 0.25) is 0 Å². The number of benzene rings is 2. The molecule has 0 saturated heterocycles. The molecule has 5 rings (SSSR count). The summed E-state index contributed by atoms with van der Waals surface area (Å²) in [5, 5.41) is 1.40. The van der Waals surface area contributed by atoms with E-state index in [1.807, 2.05) is 12.1 Å². The fourth-order valence-corrected chi connectivity index (χ4v) is 4.18. The van der Waals surface area contributed by atoms with E-state index in [9.17, 15) is 4.39 Å². The standard InChI is InChI=1S/C24H22Cl2FNO/c25-17-3-7-23(26)16(11-17)13-28-10-9-20(22(14-28)15-1-2-15)21-12-18(27)4-8-24(21)29-19-5-6-19/h3-4,7-9,11-12,14-15,19H,1-2,5-6,10,13H2. The number of nitrogens with zero attached hydrogens (tertiary/aromatic N) is 1. The van der Waals surface area contributed by atoms with Crippen LogP contribution in [0.1, 0.15) is 36.8 Å². The average Bonchev–Trinajstić information content (AvgIpc) is 3.61. The molecule has 150 valence electrons. The minimum absolute atomic E-state index is 0.229. The lowest BCUT2D eigenvalue weighted by Gasteiger charge is -2.28. The van der Waals surface area contributed by atoms with Crippen LogP contribution in [0.2, 0.25) is 10.0 Å². The van der Waals surface area contributed by atoms with Crippen LogP contribution in [0.4, 0.5) is 4.39 Å². The van der Waals surface area contributed by atoms with Gasteiger partial charge in [-0.15, -0.1) is 0 Å². The lowest BCUT2D eigenvalue weighted by Crippen LogP contribution is -2.22. The first-order valence-corrected chi connectivity index (χ1v) is 10.9. The lowest BCUT2D eigenvalue weighted by atomic mass is 9.92. The Balaban J connectivity index is 1.45. The van der Waals surface area contributed by atoms with E-state index in [0.29, 0.717) is 17.5 Å². The van der Waals surface area contributed by atoms with Gasteiger partial charge >= 0.3 is 0 Å². The molecule has 2 aromatic carbocycles. The van der Waals surface area contributed by atoms with E-state index in [-0.39, 0.29) is 11.9 Å². The second kappa shape index (κ2) is 7.70. The zero-order chi connectivity index (χ0) is 20.0. The van der Waals surface area contributed by atoms with E-state index in [2.05, 4.69) is 17.2 Å². The molecule has 29 heavy (non-hydrogen) atoms. The van der Waals surface area contributed by atoms with Crippen LogP contribution in [-0.2, 0) is 6.54 Å². The SMILES string of the molecule is Fc1ccc(OC2CC2)c(C2=CCN(Cc3cc(Cl)ccc3Cl)C=C2C2CC2)c1. The summed E-state index contributed by atoms with van der Waals surface area (Å²) in [5.41, 5.74) is 4.25. The summed E-state index contributed by atoms with van der Waals surface area (Å²) < 4.78 is 20.2. The Hall–Kier alpha value is -1.97. The molecular formula is C24H22Cl2FNO. The van der Waals surface area contributed by atoms with Crippen molar-refractivity contribution in [1.82, 2.24) is 4.90 Å². The van der Waals surface area contributed by atoms with Gasteiger partial charge in [0, 0.05) is 34.9 Å². The third-order valence-electron chi connectivity index (χ3n) is 5.61. The smallest absolute Gasteiger partial charge is 0.127 e. The lowest BCUT2D eigenvalue weighted by molar-refractivity contribution is 0.301. The first-order valence-electron chi connectivity index (χ1n) is 10.1. The van der Waals surface area contributed by atoms with E-state index in [4.69, 9.17) is 27.9 Å². The molecule has 2 aromatic rings. The van der Waals surface area contributed by atoms with Gasteiger partial charge in [-0.25, -0.2) is 4.39 Å². The Kier molecular flexibility index (Phi) is 5.05. The van der Waals surface area contributed by atoms with Gasteiger partial charge in [-0.1, -0.05) is 29.3 Å². The molecule has 0 spiro atoms. The van der Waals surface area contributed by atoms with Crippen LogP contribution in [0.5, 0.6) is 5.75 Å². The monoisotopic (exact) mass is 429 g/mol. The summed E-state index contributed by atoms with van der Waals surface area (Å²) in [6.45, 7) is 1.42. The quantitative estimate of drug-likeness (QED) is 0.496. The van der Waals surface area contributed by atoms with Gasteiger partial charge in [-0.2, -0.15) is 0 Å². The van der Waals surface area contributed by atoms with E-state index in [0.717, 1.165) is 46.9 Å². The number of hydrogen-bond acceptors (Lipinski definition) is 2. The highest BCUT2D eigenvalue weighted by Gasteiger charge is 2.33. The number of rotatable bonds is 6. The molecule has 1 aliphatic heterocycles. The summed E-state index contributed by atoms with van der Waals surface area (Å²) in [7, 11) is 0. The maximum atomic E-state index is 14.1. The first kappa shape index (κ1) is 19.0. The largest absolute Gasteiger partial charge is 0.490 e. The van der Waals surface area contributed by atoms with Crippen molar-refractivity contribution in [3.63, 3.8) is 0 Å². The van der Waals surface area contributed by atoms with Crippen molar-refractivity contribution in [2.75, 3.05) is 6.54 Å². The molecule has 0 aromatic heterocycles. The van der Waals surface area contributed by atoms with Crippen LogP contribution >= 0.6 is 23.2 Å². The van der Waals surface area contributed by atoms with Gasteiger partial charge in [0.1, 0.15) is 11.6 Å². The van der Waals surface area contributed by atoms with Crippen LogP contribution in [0.25, 0.3) is 5.57 Å². The second-order valence-electron chi connectivity index (χ2n) is 8.10. The van der Waals surface area contributed by atoms with Crippen molar-refractivity contribution in [2.45, 2.75) is 38.3 Å². The van der Waals surface area contributed by atoms with Crippen LogP contribution in [-0.4, -0.2) is 17.5 Å². The zero-order valence-corrected chi connectivity index (χ0v) is 17.5. The number of allylic oxidation sites excluding steroid dienone is 2. The minimum Gasteiger partial charge on any atom is -0.490 e. The van der Waals surface area contributed by atoms with Gasteiger partial charge in [0.05, 0.1) is 6.10 Å². The van der Waals surface area contributed by atoms with E-state index in [1.165, 1.54) is 24.5 Å². The van der Waals surface area contributed by atoms with Gasteiger partial charge in [-0.05, 0) is 84.7 Å². The van der Waals surface area contributed by atoms with Gasteiger partial charge in [0.15, 0.2) is 0 Å². The number of hydrogen-bond donors (Lipinski definition) is 0. The third-order valence-corrected chi connectivity index (χ3v) is 6.21. The molecule has 3 aliphatic rings. The molecule has 5 heteroatoms. The van der Waals surface area contributed by atoms with E-state index >= 15 is 0 Å². The summed E-state index contributed by atoms with van der Waals surface area (Å²) in [4.78, 5) is 2.25. The molecule has 0 radical (unpaired) electrons. The highest BCUT2D eigenvalue weighted by Crippen LogP contribution is 2.47. The fourth-order valence-electron chi connectivity index (χ4n) is 3.80. The van der Waals surface area contributed by atoms with Gasteiger partial charge in [0.25, 0.3) is 0 Å². The molecule has 0 atom stereocenters. The highest BCUT2D eigenvalue weighted by atomic mass is 35.5. The third kappa shape index (κ3) is 4.31. The molecule has 0 bridgehead atoms. The molecule has 0 amide bonds. The fraction of sp³-hybridized carbons (Fsp3) is 0.333. The van der Waals surface area contributed by atoms with Crippen LogP contribution < -0.4 is 4.74 Å². The summed E-state index contributed by atoms with van der Waals surface area (Å²) in [6.07, 6.45) is 9.19. The predicted molar refractivity (Wildman–Crippen MR) is 116 cm³/mol. The van der Waals surface area contributed by atoms with Crippen molar-refractivity contribution < 1.29 is 9.13 Å². The second-order valence-corrected chi connectivity index (χ2v) is 8.94. The molecule has 0 N–H and O–H groups in total. The molecule has 2 nitrogen and oxygen atoms in total. The Morgan fingerprint density at radius 3 is 2.62 bits per heavy atom. The van der Waals surface area contributed by atoms with Crippen molar-refractivity contribution in [3.05, 3.63) is 81.2 Å². The predicted octanol–water partition coefficient (Wildman–Crippen LogP) is 6.87. The molecular weight excluding hydrogens is 408 g/mol. The van der Waals surface area contributed by atoms with Crippen molar-refractivity contribution in [1.29, 1.82) is 0 Å². The topological polar surface area (TPSA) is 12.5 Å². The Morgan fingerprint density at radius 2 is 1.86 bits per heavy atom. The summed E-state index contributed by atoms with van der Waals surface area (Å²) in [5.74, 6) is 1.08. The number of ether oxygens (including phenoxy) is 1. The Bertz CT molecular complexity index is 1010. The molecule has 1 heterocycles. The maximum absolute atomic E-state index is 14.1. The van der Waals surface area contributed by atoms with E-state index in [1.54, 1.807) is 18.2 Å². The minimum atomic E-state index is -0.229. The molecule has 0 unspecified atom stereocenters. The summed E-state index contributed by atoms with van der Waals surface area (Å²) in [6, 6.07) is 10.4. The zero-order valence-electron chi connectivity index (χ0n) is 16.0. The van der Waals surface area contributed by atoms with Crippen LogP contribution in [0, 0.1) is 11.7 Å². The van der Waals surface area contributed by atoms with Crippen molar-refractivity contribution >= 4 is 28.8 Å². The maximum Gasteiger partial charge on any atom is 0.127 e. The molecule has 2 saturated carbocycles. The van der Waals surface area contributed by atoms with Crippen LogP contribution in [0.15, 0.2) is 54.2 Å². The highest BCUT2D eigenvalue weighted by molar-refractivity contribution is 6.33. The molecule has 2 aliphatic carbocycles. The van der Waals surface area contributed by atoms with Crippen LogP contribution in [0.3, 0.4) is 0 Å². The van der Waals surface area contributed by atoms with Crippen molar-refractivity contribution in [2.24, 2.45) is 5.92 Å². The van der Waals surface area contributed by atoms with E-state index < -0.39 is 0 Å². The normalized spacial score (nSPS) is 19.1. The Labute approximate surface area is 180 Å². The summed E-state index contributed by atoms with van der Waals surface area (Å²) >= 11 is 12.5. The first-order chi connectivity index (χ1) is 14.1.